The van der Waals surface area contributed by atoms with Gasteiger partial charge in [-0.05, 0) is 37.5 Å². The van der Waals surface area contributed by atoms with Gasteiger partial charge in [-0.3, -0.25) is 0 Å². The molecule has 124 valence electrons. The Morgan fingerprint density at radius 2 is 1.86 bits per heavy atom. The normalized spacial score (nSPS) is 26.2. The summed E-state index contributed by atoms with van der Waals surface area (Å²) in [5, 5.41) is 3.38. The molecule has 1 aliphatic carbocycles. The van der Waals surface area contributed by atoms with E-state index in [0.29, 0.717) is 25.0 Å². The molecule has 1 saturated heterocycles. The van der Waals surface area contributed by atoms with Crippen LogP contribution in [0.4, 0.5) is 0 Å². The second-order valence-electron chi connectivity index (χ2n) is 6.99. The monoisotopic (exact) mass is 317 g/mol. The molecule has 6 heteroatoms. The van der Waals surface area contributed by atoms with Crippen LogP contribution in [0, 0.1) is 11.8 Å². The number of hydrogen-bond acceptors (Lipinski definition) is 3. The minimum Gasteiger partial charge on any atom is -0.313 e. The lowest BCUT2D eigenvalue weighted by Gasteiger charge is -2.35. The smallest absolute Gasteiger partial charge is 0.279 e. The van der Waals surface area contributed by atoms with E-state index in [-0.39, 0.29) is 6.04 Å². The van der Waals surface area contributed by atoms with Gasteiger partial charge in [0.05, 0.1) is 0 Å². The fourth-order valence-corrected chi connectivity index (χ4v) is 4.60. The molecule has 0 bridgehead atoms. The Morgan fingerprint density at radius 1 is 1.14 bits per heavy atom. The molecule has 2 N–H and O–H groups in total. The predicted octanol–water partition coefficient (Wildman–Crippen LogP) is 1.72. The molecular formula is C15H31N3O2S. The molecule has 0 spiro atoms. The molecule has 2 unspecified atom stereocenters. The minimum absolute atomic E-state index is 0.0925. The van der Waals surface area contributed by atoms with Crippen LogP contribution in [0.15, 0.2) is 0 Å². The number of nitrogens with zero attached hydrogens (tertiary/aromatic N) is 1. The van der Waals surface area contributed by atoms with E-state index in [0.717, 1.165) is 31.7 Å². The molecule has 2 atom stereocenters. The van der Waals surface area contributed by atoms with Crippen molar-refractivity contribution in [2.45, 2.75) is 65.0 Å². The van der Waals surface area contributed by atoms with Crippen LogP contribution in [0.5, 0.6) is 0 Å². The molecule has 1 aliphatic heterocycles. The van der Waals surface area contributed by atoms with Crippen molar-refractivity contribution in [2.75, 3.05) is 19.6 Å². The summed E-state index contributed by atoms with van der Waals surface area (Å²) >= 11 is 0. The fourth-order valence-electron chi connectivity index (χ4n) is 3.02. The highest BCUT2D eigenvalue weighted by Gasteiger charge is 2.34. The van der Waals surface area contributed by atoms with Crippen molar-refractivity contribution in [3.8, 4) is 0 Å². The summed E-state index contributed by atoms with van der Waals surface area (Å²) in [5.41, 5.74) is 0. The van der Waals surface area contributed by atoms with Crippen LogP contribution in [0.2, 0.25) is 0 Å². The second kappa shape index (κ2) is 7.40. The topological polar surface area (TPSA) is 61.4 Å². The van der Waals surface area contributed by atoms with Gasteiger partial charge in [-0.25, -0.2) is 4.72 Å². The molecular weight excluding hydrogens is 286 g/mol. The van der Waals surface area contributed by atoms with Crippen molar-refractivity contribution >= 4 is 10.2 Å². The van der Waals surface area contributed by atoms with Crippen LogP contribution < -0.4 is 10.0 Å². The van der Waals surface area contributed by atoms with Gasteiger partial charge in [-0.2, -0.15) is 12.7 Å². The van der Waals surface area contributed by atoms with Gasteiger partial charge in [-0.1, -0.05) is 27.2 Å². The molecule has 21 heavy (non-hydrogen) atoms. The van der Waals surface area contributed by atoms with Gasteiger partial charge in [-0.15, -0.1) is 0 Å². The van der Waals surface area contributed by atoms with Crippen molar-refractivity contribution < 1.29 is 8.42 Å². The maximum absolute atomic E-state index is 12.6. The van der Waals surface area contributed by atoms with Crippen molar-refractivity contribution in [3.05, 3.63) is 0 Å². The van der Waals surface area contributed by atoms with E-state index < -0.39 is 10.2 Å². The van der Waals surface area contributed by atoms with Gasteiger partial charge in [0.15, 0.2) is 0 Å². The summed E-state index contributed by atoms with van der Waals surface area (Å²) in [5.74, 6) is 1.18. The number of piperidine rings is 1. The third-order valence-electron chi connectivity index (χ3n) is 4.66. The lowest BCUT2D eigenvalue weighted by Crippen LogP contribution is -2.53. The lowest BCUT2D eigenvalue weighted by atomic mass is 10.0. The van der Waals surface area contributed by atoms with Crippen LogP contribution >= 0.6 is 0 Å². The third-order valence-corrected chi connectivity index (χ3v) is 6.29. The summed E-state index contributed by atoms with van der Waals surface area (Å²) in [6.45, 7) is 8.31. The van der Waals surface area contributed by atoms with Gasteiger partial charge in [0.1, 0.15) is 0 Å². The molecule has 1 heterocycles. The minimum atomic E-state index is -3.34. The van der Waals surface area contributed by atoms with E-state index in [1.165, 1.54) is 12.8 Å². The molecule has 2 rings (SSSR count). The van der Waals surface area contributed by atoms with E-state index in [2.05, 4.69) is 30.8 Å². The zero-order valence-electron chi connectivity index (χ0n) is 13.6. The third kappa shape index (κ3) is 5.20. The summed E-state index contributed by atoms with van der Waals surface area (Å²) in [4.78, 5) is 0. The molecule has 0 aromatic rings. The maximum atomic E-state index is 12.6. The Hall–Kier alpha value is -0.170. The summed E-state index contributed by atoms with van der Waals surface area (Å²) < 4.78 is 29.7. The zero-order chi connectivity index (χ0) is 15.5. The van der Waals surface area contributed by atoms with E-state index in [1.807, 2.05) is 0 Å². The first-order valence-corrected chi connectivity index (χ1v) is 9.84. The zero-order valence-corrected chi connectivity index (χ0v) is 14.5. The number of rotatable bonds is 8. The quantitative estimate of drug-likeness (QED) is 0.716. The molecule has 2 fully saturated rings. The predicted molar refractivity (Wildman–Crippen MR) is 86.3 cm³/mol. The largest absolute Gasteiger partial charge is 0.313 e. The second-order valence-corrected chi connectivity index (χ2v) is 8.70. The molecule has 0 radical (unpaired) electrons. The highest BCUT2D eigenvalue weighted by molar-refractivity contribution is 7.87. The van der Waals surface area contributed by atoms with Crippen LogP contribution in [-0.2, 0) is 10.2 Å². The molecule has 0 amide bonds. The number of nitrogens with one attached hydrogen (secondary N) is 2. The Labute approximate surface area is 130 Å². The van der Waals surface area contributed by atoms with Gasteiger partial charge < -0.3 is 5.32 Å². The van der Waals surface area contributed by atoms with Gasteiger partial charge in [0.2, 0.25) is 0 Å². The average molecular weight is 317 g/mol. The van der Waals surface area contributed by atoms with Gasteiger partial charge in [0, 0.05) is 31.7 Å². The van der Waals surface area contributed by atoms with E-state index in [9.17, 15) is 8.42 Å². The van der Waals surface area contributed by atoms with Crippen molar-refractivity contribution in [2.24, 2.45) is 11.8 Å². The molecule has 0 aromatic carbocycles. The van der Waals surface area contributed by atoms with Crippen molar-refractivity contribution in [1.82, 2.24) is 14.3 Å². The highest BCUT2D eigenvalue weighted by Crippen LogP contribution is 2.36. The Kier molecular flexibility index (Phi) is 6.05. The standard InChI is InChI=1S/C15H31N3O2S/c1-12(2)16-11-15-6-4-5-9-18(15)21(19,20)17-10-13(3)14-7-8-14/h12-17H,4-11H2,1-3H3. The van der Waals surface area contributed by atoms with E-state index in [1.54, 1.807) is 4.31 Å². The molecule has 1 saturated carbocycles. The summed E-state index contributed by atoms with van der Waals surface area (Å²) in [6, 6.07) is 0.481. The van der Waals surface area contributed by atoms with E-state index in [4.69, 9.17) is 0 Å². The van der Waals surface area contributed by atoms with Gasteiger partial charge in [0.25, 0.3) is 10.2 Å². The first-order chi connectivity index (χ1) is 9.90. The Morgan fingerprint density at radius 3 is 2.48 bits per heavy atom. The number of hydrogen-bond donors (Lipinski definition) is 2. The highest BCUT2D eigenvalue weighted by atomic mass is 32.2. The van der Waals surface area contributed by atoms with Crippen LogP contribution in [0.3, 0.4) is 0 Å². The fraction of sp³-hybridized carbons (Fsp3) is 1.00. The van der Waals surface area contributed by atoms with Crippen LogP contribution in [-0.4, -0.2) is 44.4 Å². The Balaban J connectivity index is 1.90. The van der Waals surface area contributed by atoms with Crippen molar-refractivity contribution in [1.29, 1.82) is 0 Å². The Bertz CT molecular complexity index is 421. The van der Waals surface area contributed by atoms with Gasteiger partial charge >= 0.3 is 0 Å². The molecule has 5 nitrogen and oxygen atoms in total. The average Bonchev–Trinajstić information content (AvgIpc) is 3.27. The summed E-state index contributed by atoms with van der Waals surface area (Å²) in [7, 11) is -3.34. The first-order valence-electron chi connectivity index (χ1n) is 8.40. The molecule has 2 aliphatic rings. The maximum Gasteiger partial charge on any atom is 0.279 e. The SMILES string of the molecule is CC(C)NCC1CCCCN1S(=O)(=O)NCC(C)C1CC1. The van der Waals surface area contributed by atoms with Crippen LogP contribution in [0.1, 0.15) is 52.9 Å². The summed E-state index contributed by atoms with van der Waals surface area (Å²) in [6.07, 6.45) is 5.56. The lowest BCUT2D eigenvalue weighted by molar-refractivity contribution is 0.238. The van der Waals surface area contributed by atoms with E-state index >= 15 is 0 Å². The van der Waals surface area contributed by atoms with Crippen LogP contribution in [0.25, 0.3) is 0 Å². The van der Waals surface area contributed by atoms with Crippen molar-refractivity contribution in [3.63, 3.8) is 0 Å². The first kappa shape index (κ1) is 17.2. The molecule has 0 aromatic heterocycles.